The van der Waals surface area contributed by atoms with Crippen LogP contribution >= 0.6 is 0 Å². The van der Waals surface area contributed by atoms with Crippen molar-refractivity contribution < 1.29 is 4.74 Å². The third kappa shape index (κ3) is 2.42. The summed E-state index contributed by atoms with van der Waals surface area (Å²) in [5, 5.41) is 4.62. The molecule has 0 saturated heterocycles. The topological polar surface area (TPSA) is 52.3 Å². The predicted molar refractivity (Wildman–Crippen MR) is 88.2 cm³/mol. The first-order valence-electron chi connectivity index (χ1n) is 7.27. The minimum Gasteiger partial charge on any atom is -0.497 e. The summed E-state index contributed by atoms with van der Waals surface area (Å²) in [7, 11) is 1.65. The van der Waals surface area contributed by atoms with Gasteiger partial charge in [-0.1, -0.05) is 30.3 Å². The van der Waals surface area contributed by atoms with Crippen molar-refractivity contribution in [3.63, 3.8) is 0 Å². The number of hydrogen-bond acceptors (Lipinski definition) is 4. The molecule has 4 aromatic rings. The number of ether oxygens (including phenoxy) is 1. The second-order valence-electron chi connectivity index (χ2n) is 5.07. The Kier molecular flexibility index (Phi) is 3.24. The second-order valence-corrected chi connectivity index (χ2v) is 5.07. The van der Waals surface area contributed by atoms with Gasteiger partial charge >= 0.3 is 0 Å². The van der Waals surface area contributed by atoms with Crippen LogP contribution in [0.15, 0.2) is 66.9 Å². The van der Waals surface area contributed by atoms with Crippen LogP contribution in [-0.2, 0) is 0 Å². The normalized spacial score (nSPS) is 10.8. The number of hydrogen-bond donors (Lipinski definition) is 0. The largest absolute Gasteiger partial charge is 0.497 e. The highest BCUT2D eigenvalue weighted by molar-refractivity contribution is 5.64. The molecule has 0 N–H and O–H groups in total. The molecule has 0 saturated carbocycles. The maximum absolute atomic E-state index is 5.18. The van der Waals surface area contributed by atoms with Crippen molar-refractivity contribution in [1.29, 1.82) is 0 Å². The zero-order chi connectivity index (χ0) is 15.6. The summed E-state index contributed by atoms with van der Waals surface area (Å²) in [4.78, 5) is 8.84. The molecule has 0 amide bonds. The number of methoxy groups -OCH3 is 1. The van der Waals surface area contributed by atoms with Crippen molar-refractivity contribution in [2.75, 3.05) is 7.11 Å². The minimum atomic E-state index is 0.581. The molecule has 0 unspecified atom stereocenters. The lowest BCUT2D eigenvalue weighted by molar-refractivity contribution is 0.415. The van der Waals surface area contributed by atoms with Crippen LogP contribution in [0.3, 0.4) is 0 Å². The lowest BCUT2D eigenvalue weighted by Crippen LogP contribution is -1.95. The third-order valence-electron chi connectivity index (χ3n) is 3.66. The van der Waals surface area contributed by atoms with Gasteiger partial charge in [0.2, 0.25) is 0 Å². The van der Waals surface area contributed by atoms with E-state index in [9.17, 15) is 0 Å². The average molecular weight is 302 g/mol. The fraction of sp³-hybridized carbons (Fsp3) is 0.0556. The van der Waals surface area contributed by atoms with Crippen molar-refractivity contribution in [2.24, 2.45) is 0 Å². The monoisotopic (exact) mass is 302 g/mol. The van der Waals surface area contributed by atoms with E-state index in [0.29, 0.717) is 11.6 Å². The molecule has 2 aromatic heterocycles. The summed E-state index contributed by atoms with van der Waals surface area (Å²) >= 11 is 0. The number of benzene rings is 2. The number of rotatable bonds is 3. The molecule has 5 heteroatoms. The number of nitrogens with zero attached hydrogens (tertiary/aromatic N) is 4. The Hall–Kier alpha value is -3.21. The summed E-state index contributed by atoms with van der Waals surface area (Å²) in [6, 6.07) is 19.7. The van der Waals surface area contributed by atoms with Crippen molar-refractivity contribution in [2.45, 2.75) is 0 Å². The van der Waals surface area contributed by atoms with Crippen molar-refractivity contribution >= 4 is 5.78 Å². The highest BCUT2D eigenvalue weighted by Gasteiger charge is 2.11. The molecule has 5 nitrogen and oxygen atoms in total. The third-order valence-corrected chi connectivity index (χ3v) is 3.66. The number of fused-ring (bicyclic) bond motifs is 1. The van der Waals surface area contributed by atoms with Crippen molar-refractivity contribution in [3.8, 4) is 28.4 Å². The van der Waals surface area contributed by atoms with Gasteiger partial charge in [-0.05, 0) is 30.3 Å². The molecule has 0 spiro atoms. The van der Waals surface area contributed by atoms with Gasteiger partial charge in [0.25, 0.3) is 5.78 Å². The highest BCUT2D eigenvalue weighted by atomic mass is 16.5. The summed E-state index contributed by atoms with van der Waals surface area (Å²) in [5.41, 5.74) is 2.96. The van der Waals surface area contributed by atoms with Crippen LogP contribution in [0, 0.1) is 0 Å². The van der Waals surface area contributed by atoms with Crippen LogP contribution in [0.4, 0.5) is 0 Å². The Balaban J connectivity index is 1.84. The molecular formula is C18H14N4O. The molecule has 0 fully saturated rings. The van der Waals surface area contributed by atoms with Crippen LogP contribution in [0.25, 0.3) is 28.4 Å². The van der Waals surface area contributed by atoms with E-state index in [2.05, 4.69) is 15.1 Å². The van der Waals surface area contributed by atoms with Crippen LogP contribution in [0.2, 0.25) is 0 Å². The first-order chi connectivity index (χ1) is 11.3. The Morgan fingerprint density at radius 3 is 2.39 bits per heavy atom. The molecule has 0 bridgehead atoms. The van der Waals surface area contributed by atoms with Gasteiger partial charge in [-0.3, -0.25) is 0 Å². The molecule has 2 heterocycles. The first kappa shape index (κ1) is 13.5. The molecule has 0 aliphatic rings. The fourth-order valence-electron chi connectivity index (χ4n) is 2.48. The molecule has 0 aliphatic heterocycles. The summed E-state index contributed by atoms with van der Waals surface area (Å²) in [5.74, 6) is 2.03. The van der Waals surface area contributed by atoms with Gasteiger partial charge in [0.05, 0.1) is 12.8 Å². The molecule has 0 atom stereocenters. The zero-order valence-electron chi connectivity index (χ0n) is 12.5. The van der Waals surface area contributed by atoms with E-state index in [1.165, 1.54) is 0 Å². The van der Waals surface area contributed by atoms with Crippen molar-refractivity contribution in [3.05, 3.63) is 66.9 Å². The average Bonchev–Trinajstić information content (AvgIpc) is 3.06. The van der Waals surface area contributed by atoms with Gasteiger partial charge in [-0.2, -0.15) is 9.50 Å². The Bertz CT molecular complexity index is 946. The van der Waals surface area contributed by atoms with E-state index in [1.54, 1.807) is 17.8 Å². The SMILES string of the molecule is COc1ccc(-c2nc3nccc(-c4ccccc4)n3n2)cc1. The quantitative estimate of drug-likeness (QED) is 0.581. The van der Waals surface area contributed by atoms with Crippen LogP contribution in [-0.4, -0.2) is 26.7 Å². The maximum atomic E-state index is 5.18. The van der Waals surface area contributed by atoms with E-state index in [-0.39, 0.29) is 0 Å². The van der Waals surface area contributed by atoms with Gasteiger partial charge < -0.3 is 4.74 Å². The van der Waals surface area contributed by atoms with Crippen molar-refractivity contribution in [1.82, 2.24) is 19.6 Å². The molecule has 0 aliphatic carbocycles. The smallest absolute Gasteiger partial charge is 0.253 e. The summed E-state index contributed by atoms with van der Waals surface area (Å²) < 4.78 is 6.96. The Morgan fingerprint density at radius 1 is 0.870 bits per heavy atom. The molecule has 23 heavy (non-hydrogen) atoms. The van der Waals surface area contributed by atoms with Gasteiger partial charge in [-0.15, -0.1) is 5.10 Å². The molecule has 112 valence electrons. The Labute approximate surface area is 133 Å². The standard InChI is InChI=1S/C18H14N4O/c1-23-15-9-7-14(8-10-15)17-20-18-19-12-11-16(22(18)21-17)13-5-3-2-4-6-13/h2-12H,1H3. The van der Waals surface area contributed by atoms with Gasteiger partial charge in [0, 0.05) is 17.3 Å². The summed E-state index contributed by atoms with van der Waals surface area (Å²) in [6.07, 6.45) is 1.75. The second kappa shape index (κ2) is 5.53. The molecule has 0 radical (unpaired) electrons. The molecular weight excluding hydrogens is 288 g/mol. The van der Waals surface area contributed by atoms with Crippen LogP contribution < -0.4 is 4.74 Å². The first-order valence-corrected chi connectivity index (χ1v) is 7.27. The predicted octanol–water partition coefficient (Wildman–Crippen LogP) is 3.47. The minimum absolute atomic E-state index is 0.581. The summed E-state index contributed by atoms with van der Waals surface area (Å²) in [6.45, 7) is 0. The van der Waals surface area contributed by atoms with E-state index >= 15 is 0 Å². The maximum Gasteiger partial charge on any atom is 0.253 e. The zero-order valence-corrected chi connectivity index (χ0v) is 12.5. The lowest BCUT2D eigenvalue weighted by atomic mass is 10.1. The highest BCUT2D eigenvalue weighted by Crippen LogP contribution is 2.23. The molecule has 4 rings (SSSR count). The van der Waals surface area contributed by atoms with E-state index in [1.807, 2.05) is 60.7 Å². The van der Waals surface area contributed by atoms with Crippen LogP contribution in [0.1, 0.15) is 0 Å². The van der Waals surface area contributed by atoms with Gasteiger partial charge in [0.1, 0.15) is 5.75 Å². The van der Waals surface area contributed by atoms with E-state index < -0.39 is 0 Å². The van der Waals surface area contributed by atoms with Crippen LogP contribution in [0.5, 0.6) is 5.75 Å². The van der Waals surface area contributed by atoms with Gasteiger partial charge in [0.15, 0.2) is 5.82 Å². The lowest BCUT2D eigenvalue weighted by Gasteiger charge is -2.02. The fourth-order valence-corrected chi connectivity index (χ4v) is 2.48. The Morgan fingerprint density at radius 2 is 1.65 bits per heavy atom. The molecule has 2 aromatic carbocycles. The van der Waals surface area contributed by atoms with E-state index in [0.717, 1.165) is 22.6 Å². The van der Waals surface area contributed by atoms with E-state index in [4.69, 9.17) is 4.74 Å². The number of aromatic nitrogens is 4. The van der Waals surface area contributed by atoms with Gasteiger partial charge in [-0.25, -0.2) is 4.98 Å².